The summed E-state index contributed by atoms with van der Waals surface area (Å²) in [6, 6.07) is 5.50. The van der Waals surface area contributed by atoms with Crippen molar-refractivity contribution in [3.8, 4) is 0 Å². The minimum absolute atomic E-state index is 0.180. The van der Waals surface area contributed by atoms with Gasteiger partial charge in [0.25, 0.3) is 0 Å². The summed E-state index contributed by atoms with van der Waals surface area (Å²) in [6.07, 6.45) is 2.11. The third kappa shape index (κ3) is 2.34. The van der Waals surface area contributed by atoms with Gasteiger partial charge in [-0.05, 0) is 18.2 Å². The van der Waals surface area contributed by atoms with Gasteiger partial charge in [0, 0.05) is 38.1 Å². The normalized spacial score (nSPS) is 23.3. The Kier molecular flexibility index (Phi) is 3.16. The number of hydrogen-bond acceptors (Lipinski definition) is 4. The minimum atomic E-state index is -0.559. The molecular formula is C16H19N5O3. The Morgan fingerprint density at radius 2 is 2.17 bits per heavy atom. The van der Waals surface area contributed by atoms with Crippen molar-refractivity contribution < 1.29 is 14.3 Å². The van der Waals surface area contributed by atoms with Crippen molar-refractivity contribution in [3.63, 3.8) is 0 Å². The maximum absolute atomic E-state index is 12.5. The Morgan fingerprint density at radius 1 is 1.33 bits per heavy atom. The lowest BCUT2D eigenvalue weighted by Crippen LogP contribution is -2.40. The standard InChI is InChI=1S/C16H19N5O3/c1-19-9-16(24-15(19)23)5-6-21(10-16)14(22)18-12-3-4-13-11(7-12)8-17-20(13)2/h3-4,7-8H,5-6,9-10H2,1-2H3,(H,18,22)/t16-/m1/s1. The van der Waals surface area contributed by atoms with Crippen LogP contribution in [0.4, 0.5) is 15.3 Å². The molecule has 2 saturated heterocycles. The second-order valence-electron chi connectivity index (χ2n) is 6.55. The minimum Gasteiger partial charge on any atom is -0.439 e. The van der Waals surface area contributed by atoms with E-state index in [0.29, 0.717) is 26.1 Å². The number of likely N-dealkylation sites (N-methyl/N-ethyl adjacent to an activating group) is 1. The Morgan fingerprint density at radius 3 is 2.92 bits per heavy atom. The number of carbonyl (C=O) groups excluding carboxylic acids is 2. The van der Waals surface area contributed by atoms with E-state index in [1.165, 1.54) is 0 Å². The Bertz CT molecular complexity index is 832. The molecule has 1 aromatic carbocycles. The van der Waals surface area contributed by atoms with E-state index in [0.717, 1.165) is 16.6 Å². The number of amides is 3. The Hall–Kier alpha value is -2.77. The Balaban J connectivity index is 1.45. The third-order valence-corrected chi connectivity index (χ3v) is 4.74. The number of likely N-dealkylation sites (tertiary alicyclic amines) is 1. The van der Waals surface area contributed by atoms with Gasteiger partial charge in [0.15, 0.2) is 5.60 Å². The van der Waals surface area contributed by atoms with Crippen LogP contribution in [-0.4, -0.2) is 64.0 Å². The van der Waals surface area contributed by atoms with Crippen LogP contribution in [0.3, 0.4) is 0 Å². The molecule has 0 radical (unpaired) electrons. The second-order valence-corrected chi connectivity index (χ2v) is 6.55. The molecule has 0 saturated carbocycles. The summed E-state index contributed by atoms with van der Waals surface area (Å²) in [5.74, 6) is 0. The van der Waals surface area contributed by atoms with Crippen LogP contribution in [0.1, 0.15) is 6.42 Å². The van der Waals surface area contributed by atoms with Crippen LogP contribution in [0.15, 0.2) is 24.4 Å². The first-order valence-corrected chi connectivity index (χ1v) is 7.88. The van der Waals surface area contributed by atoms with Crippen LogP contribution in [-0.2, 0) is 11.8 Å². The monoisotopic (exact) mass is 329 g/mol. The molecule has 8 heteroatoms. The molecule has 24 heavy (non-hydrogen) atoms. The lowest BCUT2D eigenvalue weighted by molar-refractivity contribution is 0.0663. The van der Waals surface area contributed by atoms with Gasteiger partial charge >= 0.3 is 12.1 Å². The number of aromatic nitrogens is 2. The number of urea groups is 1. The van der Waals surface area contributed by atoms with Gasteiger partial charge in [-0.3, -0.25) is 4.68 Å². The van der Waals surface area contributed by atoms with Crippen LogP contribution in [0.2, 0.25) is 0 Å². The topological polar surface area (TPSA) is 79.7 Å². The predicted molar refractivity (Wildman–Crippen MR) is 87.8 cm³/mol. The van der Waals surface area contributed by atoms with Gasteiger partial charge in [0.1, 0.15) is 0 Å². The van der Waals surface area contributed by atoms with Crippen molar-refractivity contribution in [2.75, 3.05) is 32.0 Å². The molecule has 0 bridgehead atoms. The molecule has 4 rings (SSSR count). The van der Waals surface area contributed by atoms with Gasteiger partial charge in [-0.1, -0.05) is 0 Å². The molecule has 1 spiro atoms. The maximum atomic E-state index is 12.5. The van der Waals surface area contributed by atoms with Gasteiger partial charge in [-0.25, -0.2) is 9.59 Å². The highest BCUT2D eigenvalue weighted by Crippen LogP contribution is 2.32. The van der Waals surface area contributed by atoms with Gasteiger partial charge in [0.2, 0.25) is 0 Å². The summed E-state index contributed by atoms with van der Waals surface area (Å²) < 4.78 is 7.26. The number of anilines is 1. The summed E-state index contributed by atoms with van der Waals surface area (Å²) in [6.45, 7) is 1.52. The quantitative estimate of drug-likeness (QED) is 0.862. The van der Waals surface area contributed by atoms with Crippen molar-refractivity contribution in [2.24, 2.45) is 7.05 Å². The summed E-state index contributed by atoms with van der Waals surface area (Å²) >= 11 is 0. The zero-order valence-electron chi connectivity index (χ0n) is 13.7. The second kappa shape index (κ2) is 5.12. The number of aryl methyl sites for hydroxylation is 1. The van der Waals surface area contributed by atoms with Crippen molar-refractivity contribution in [2.45, 2.75) is 12.0 Å². The average Bonchev–Trinajstić information content (AvgIpc) is 3.19. The van der Waals surface area contributed by atoms with E-state index < -0.39 is 5.60 Å². The Labute approximate surface area is 138 Å². The first kappa shape index (κ1) is 14.8. The van der Waals surface area contributed by atoms with E-state index in [-0.39, 0.29) is 12.1 Å². The first-order valence-electron chi connectivity index (χ1n) is 7.88. The number of benzene rings is 1. The lowest BCUT2D eigenvalue weighted by atomic mass is 10.0. The summed E-state index contributed by atoms with van der Waals surface area (Å²) in [5, 5.41) is 8.08. The first-order chi connectivity index (χ1) is 11.5. The smallest absolute Gasteiger partial charge is 0.410 e. The van der Waals surface area contributed by atoms with Crippen LogP contribution in [0, 0.1) is 0 Å². The zero-order chi connectivity index (χ0) is 16.9. The van der Waals surface area contributed by atoms with Gasteiger partial charge in [-0.2, -0.15) is 5.10 Å². The molecule has 126 valence electrons. The fourth-order valence-electron chi connectivity index (χ4n) is 3.47. The molecule has 1 N–H and O–H groups in total. The fourth-order valence-corrected chi connectivity index (χ4v) is 3.47. The summed E-state index contributed by atoms with van der Waals surface area (Å²) in [7, 11) is 3.59. The lowest BCUT2D eigenvalue weighted by Gasteiger charge is -2.22. The highest BCUT2D eigenvalue weighted by Gasteiger charge is 2.49. The molecule has 1 aromatic heterocycles. The molecule has 0 aliphatic carbocycles. The molecule has 2 aliphatic heterocycles. The average molecular weight is 329 g/mol. The van der Waals surface area contributed by atoms with Gasteiger partial charge in [0.05, 0.1) is 24.8 Å². The van der Waals surface area contributed by atoms with Crippen LogP contribution in [0.5, 0.6) is 0 Å². The van der Waals surface area contributed by atoms with Crippen molar-refractivity contribution in [3.05, 3.63) is 24.4 Å². The molecule has 2 aromatic rings. The molecule has 8 nitrogen and oxygen atoms in total. The number of rotatable bonds is 1. The van der Waals surface area contributed by atoms with Gasteiger partial charge < -0.3 is 19.9 Å². The van der Waals surface area contributed by atoms with E-state index in [4.69, 9.17) is 4.74 Å². The van der Waals surface area contributed by atoms with Crippen LogP contribution >= 0.6 is 0 Å². The predicted octanol–water partition coefficient (Wildman–Crippen LogP) is 1.63. The number of hydrogen-bond donors (Lipinski definition) is 1. The van der Waals surface area contributed by atoms with Crippen LogP contribution in [0.25, 0.3) is 10.9 Å². The van der Waals surface area contributed by atoms with Gasteiger partial charge in [-0.15, -0.1) is 0 Å². The summed E-state index contributed by atoms with van der Waals surface area (Å²) in [5.41, 5.74) is 1.17. The third-order valence-electron chi connectivity index (χ3n) is 4.74. The highest BCUT2D eigenvalue weighted by atomic mass is 16.6. The van der Waals surface area contributed by atoms with Crippen LogP contribution < -0.4 is 5.32 Å². The largest absolute Gasteiger partial charge is 0.439 e. The van der Waals surface area contributed by atoms with E-state index in [1.807, 2.05) is 25.2 Å². The highest BCUT2D eigenvalue weighted by molar-refractivity contribution is 5.93. The molecule has 0 unspecified atom stereocenters. The number of fused-ring (bicyclic) bond motifs is 1. The fraction of sp³-hybridized carbons (Fsp3) is 0.438. The maximum Gasteiger partial charge on any atom is 0.410 e. The van der Waals surface area contributed by atoms with Crippen molar-refractivity contribution in [1.29, 1.82) is 0 Å². The molecule has 3 heterocycles. The van der Waals surface area contributed by atoms with E-state index in [1.54, 1.807) is 27.7 Å². The van der Waals surface area contributed by atoms with Crippen molar-refractivity contribution in [1.82, 2.24) is 19.6 Å². The zero-order valence-corrected chi connectivity index (χ0v) is 13.7. The van der Waals surface area contributed by atoms with E-state index in [9.17, 15) is 9.59 Å². The number of nitrogens with one attached hydrogen (secondary N) is 1. The number of nitrogens with zero attached hydrogens (tertiary/aromatic N) is 4. The molecule has 1 atom stereocenters. The molecule has 2 fully saturated rings. The number of carbonyl (C=O) groups is 2. The molecular weight excluding hydrogens is 310 g/mol. The van der Waals surface area contributed by atoms with E-state index in [2.05, 4.69) is 10.4 Å². The molecule has 2 aliphatic rings. The van der Waals surface area contributed by atoms with E-state index >= 15 is 0 Å². The summed E-state index contributed by atoms with van der Waals surface area (Å²) in [4.78, 5) is 27.4. The molecule has 3 amide bonds. The number of ether oxygens (including phenoxy) is 1. The van der Waals surface area contributed by atoms with Crippen molar-refractivity contribution >= 4 is 28.7 Å². The SMILES string of the molecule is CN1C[C@@]2(CCN(C(=O)Nc3ccc4c(cnn4C)c3)C2)OC1=O.